The van der Waals surface area contributed by atoms with Crippen LogP contribution in [0.3, 0.4) is 0 Å². The Morgan fingerprint density at radius 2 is 2.08 bits per heavy atom. The molecule has 1 N–H and O–H groups in total. The first-order chi connectivity index (χ1) is 6.24. The van der Waals surface area contributed by atoms with E-state index in [4.69, 9.17) is 9.84 Å². The number of carbonyl (C=O) groups is 1. The summed E-state index contributed by atoms with van der Waals surface area (Å²) < 4.78 is 5.01. The van der Waals surface area contributed by atoms with Crippen LogP contribution < -0.4 is 0 Å². The molecule has 0 heterocycles. The monoisotopic (exact) mass is 179 g/mol. The summed E-state index contributed by atoms with van der Waals surface area (Å²) in [7, 11) is 1.48. The van der Waals surface area contributed by atoms with E-state index in [9.17, 15) is 4.79 Å². The molecule has 0 spiro atoms. The van der Waals surface area contributed by atoms with Gasteiger partial charge in [0, 0.05) is 7.11 Å². The molecule has 1 radical (unpaired) electrons. The first-order valence-electron chi connectivity index (χ1n) is 3.89. The molecular formula is C10H11O3. The molecule has 0 aliphatic rings. The van der Waals surface area contributed by atoms with Crippen molar-refractivity contribution in [2.75, 3.05) is 7.11 Å². The van der Waals surface area contributed by atoms with E-state index in [-0.39, 0.29) is 0 Å². The van der Waals surface area contributed by atoms with Crippen LogP contribution in [-0.4, -0.2) is 18.2 Å². The highest BCUT2D eigenvalue weighted by Crippen LogP contribution is 2.18. The second-order valence-electron chi connectivity index (χ2n) is 2.57. The average molecular weight is 179 g/mol. The molecule has 0 aliphatic carbocycles. The number of hydrogen-bond acceptors (Lipinski definition) is 2. The Hall–Kier alpha value is -1.35. The molecule has 1 atom stereocenters. The van der Waals surface area contributed by atoms with Gasteiger partial charge in [-0.05, 0) is 5.56 Å². The van der Waals surface area contributed by atoms with Gasteiger partial charge >= 0.3 is 5.97 Å². The molecular weight excluding hydrogens is 168 g/mol. The van der Waals surface area contributed by atoms with Crippen molar-refractivity contribution in [3.05, 3.63) is 42.3 Å². The Kier molecular flexibility index (Phi) is 3.46. The maximum atomic E-state index is 10.4. The number of carboxylic acids is 1. The number of benzene rings is 1. The van der Waals surface area contributed by atoms with Crippen molar-refractivity contribution in [3.8, 4) is 0 Å². The lowest BCUT2D eigenvalue weighted by molar-refractivity contribution is -0.134. The summed E-state index contributed by atoms with van der Waals surface area (Å²) in [6, 6.07) is 9.21. The molecule has 0 aromatic heterocycles. The van der Waals surface area contributed by atoms with Crippen LogP contribution in [0.2, 0.25) is 0 Å². The van der Waals surface area contributed by atoms with Gasteiger partial charge in [-0.3, -0.25) is 4.79 Å². The minimum absolute atomic E-state index is 0.473. The zero-order valence-corrected chi connectivity index (χ0v) is 7.31. The fourth-order valence-electron chi connectivity index (χ4n) is 1.07. The second-order valence-corrected chi connectivity index (χ2v) is 2.57. The van der Waals surface area contributed by atoms with Crippen LogP contribution in [0.1, 0.15) is 11.7 Å². The van der Waals surface area contributed by atoms with E-state index in [1.807, 2.05) is 30.3 Å². The summed E-state index contributed by atoms with van der Waals surface area (Å²) in [5.41, 5.74) is 0.840. The molecule has 0 saturated heterocycles. The zero-order valence-electron chi connectivity index (χ0n) is 7.31. The van der Waals surface area contributed by atoms with Crippen LogP contribution in [0.15, 0.2) is 30.3 Å². The zero-order chi connectivity index (χ0) is 9.68. The molecule has 0 saturated carbocycles. The van der Waals surface area contributed by atoms with E-state index in [1.165, 1.54) is 7.11 Å². The molecule has 0 amide bonds. The van der Waals surface area contributed by atoms with Gasteiger partial charge in [-0.25, -0.2) is 0 Å². The normalized spacial score (nSPS) is 12.4. The standard InChI is InChI=1S/C10H11O3/c1-13-9(7-10(11)12)8-5-3-2-4-6-8/h2-7,9H,1H3,(H,11,12). The number of hydrogen-bond donors (Lipinski definition) is 1. The summed E-state index contributed by atoms with van der Waals surface area (Å²) in [6.45, 7) is 0. The van der Waals surface area contributed by atoms with Gasteiger partial charge in [-0.2, -0.15) is 0 Å². The van der Waals surface area contributed by atoms with Crippen LogP contribution in [0.4, 0.5) is 0 Å². The highest BCUT2D eigenvalue weighted by atomic mass is 16.5. The number of rotatable bonds is 4. The van der Waals surface area contributed by atoms with Gasteiger partial charge in [-0.1, -0.05) is 30.3 Å². The van der Waals surface area contributed by atoms with Crippen molar-refractivity contribution in [2.45, 2.75) is 6.10 Å². The smallest absolute Gasteiger partial charge is 0.310 e. The SMILES string of the molecule is COC([CH]C(=O)O)c1ccccc1. The number of methoxy groups -OCH3 is 1. The number of carboxylic acid groups (broad SMARTS) is 1. The van der Waals surface area contributed by atoms with Crippen molar-refractivity contribution in [3.63, 3.8) is 0 Å². The van der Waals surface area contributed by atoms with Crippen LogP contribution >= 0.6 is 0 Å². The lowest BCUT2D eigenvalue weighted by atomic mass is 10.1. The Labute approximate surface area is 77.0 Å². The summed E-state index contributed by atoms with van der Waals surface area (Å²) in [4.78, 5) is 10.4. The molecule has 0 bridgehead atoms. The van der Waals surface area contributed by atoms with E-state index in [0.717, 1.165) is 12.0 Å². The third kappa shape index (κ3) is 2.87. The Morgan fingerprint density at radius 3 is 2.54 bits per heavy atom. The van der Waals surface area contributed by atoms with E-state index in [0.29, 0.717) is 0 Å². The van der Waals surface area contributed by atoms with Crippen molar-refractivity contribution < 1.29 is 14.6 Å². The third-order valence-corrected chi connectivity index (χ3v) is 1.68. The molecule has 0 aliphatic heterocycles. The summed E-state index contributed by atoms with van der Waals surface area (Å²) in [5, 5.41) is 8.54. The van der Waals surface area contributed by atoms with E-state index >= 15 is 0 Å². The molecule has 1 unspecified atom stereocenters. The third-order valence-electron chi connectivity index (χ3n) is 1.68. The van der Waals surface area contributed by atoms with Gasteiger partial charge in [0.1, 0.15) is 6.42 Å². The fourth-order valence-corrected chi connectivity index (χ4v) is 1.07. The van der Waals surface area contributed by atoms with Crippen LogP contribution in [0.5, 0.6) is 0 Å². The summed E-state index contributed by atoms with van der Waals surface area (Å²) in [6.07, 6.45) is 0.647. The van der Waals surface area contributed by atoms with Gasteiger partial charge in [0.15, 0.2) is 0 Å². The molecule has 69 valence electrons. The first-order valence-corrected chi connectivity index (χ1v) is 3.89. The molecule has 3 heteroatoms. The number of ether oxygens (including phenoxy) is 1. The van der Waals surface area contributed by atoms with Crippen molar-refractivity contribution in [1.29, 1.82) is 0 Å². The first kappa shape index (κ1) is 9.74. The van der Waals surface area contributed by atoms with E-state index in [1.54, 1.807) is 0 Å². The molecule has 1 rings (SSSR count). The molecule has 3 nitrogen and oxygen atoms in total. The summed E-state index contributed by atoms with van der Waals surface area (Å²) >= 11 is 0. The van der Waals surface area contributed by atoms with E-state index < -0.39 is 12.1 Å². The largest absolute Gasteiger partial charge is 0.481 e. The minimum Gasteiger partial charge on any atom is -0.481 e. The maximum Gasteiger partial charge on any atom is 0.310 e. The highest BCUT2D eigenvalue weighted by Gasteiger charge is 2.14. The van der Waals surface area contributed by atoms with Gasteiger partial charge in [0.2, 0.25) is 0 Å². The quantitative estimate of drug-likeness (QED) is 0.764. The van der Waals surface area contributed by atoms with Gasteiger partial charge in [0.05, 0.1) is 6.10 Å². The van der Waals surface area contributed by atoms with Gasteiger partial charge < -0.3 is 9.84 Å². The van der Waals surface area contributed by atoms with Gasteiger partial charge in [0.25, 0.3) is 0 Å². The lowest BCUT2D eigenvalue weighted by Crippen LogP contribution is -2.08. The van der Waals surface area contributed by atoms with Crippen LogP contribution in [0, 0.1) is 6.42 Å². The lowest BCUT2D eigenvalue weighted by Gasteiger charge is -2.12. The van der Waals surface area contributed by atoms with Crippen LogP contribution in [-0.2, 0) is 9.53 Å². The van der Waals surface area contributed by atoms with Crippen molar-refractivity contribution in [2.24, 2.45) is 0 Å². The predicted molar refractivity (Wildman–Crippen MR) is 48.1 cm³/mol. The second kappa shape index (κ2) is 4.62. The average Bonchev–Trinajstić information content (AvgIpc) is 2.15. The maximum absolute atomic E-state index is 10.4. The minimum atomic E-state index is -0.976. The Bertz CT molecular complexity index is 269. The number of aliphatic carboxylic acids is 1. The molecule has 1 aromatic rings. The summed E-state index contributed by atoms with van der Waals surface area (Å²) in [5.74, 6) is -0.976. The molecule has 13 heavy (non-hydrogen) atoms. The van der Waals surface area contributed by atoms with E-state index in [2.05, 4.69) is 0 Å². The predicted octanol–water partition coefficient (Wildman–Crippen LogP) is 1.66. The highest BCUT2D eigenvalue weighted by molar-refractivity contribution is 5.77. The van der Waals surface area contributed by atoms with Gasteiger partial charge in [-0.15, -0.1) is 0 Å². The van der Waals surface area contributed by atoms with Crippen LogP contribution in [0.25, 0.3) is 0 Å². The van der Waals surface area contributed by atoms with Crippen molar-refractivity contribution in [1.82, 2.24) is 0 Å². The molecule has 0 fully saturated rings. The Balaban J connectivity index is 2.73. The fraction of sp³-hybridized carbons (Fsp3) is 0.200. The topological polar surface area (TPSA) is 46.5 Å². The molecule has 1 aromatic carbocycles. The Morgan fingerprint density at radius 1 is 1.46 bits per heavy atom. The van der Waals surface area contributed by atoms with Crippen molar-refractivity contribution >= 4 is 5.97 Å².